The smallest absolute Gasteiger partial charge is 0.339 e. The molecule has 0 aromatic heterocycles. The molecule has 0 saturated carbocycles. The fourth-order valence-corrected chi connectivity index (χ4v) is 7.73. The number of carboxylic acid groups (broad SMARTS) is 1. The molecular formula is C34H56O6. The molecule has 2 heterocycles. The number of aryl methyl sites for hydroxylation is 2. The highest BCUT2D eigenvalue weighted by atomic mass is 16.6. The van der Waals surface area contributed by atoms with Crippen LogP contribution in [0.3, 0.4) is 0 Å². The zero-order chi connectivity index (χ0) is 29.8. The standard InChI is InChI=1S/C34H56O6/c1-9-26(19-22(5)18-21(4)12-14-27-15-13-23(6)30(35)29(27)32(36)37)31-24(7)20-34(11-3,40-31)28-16-17-33(38,10-2)25(8)39-28/h13,15,21-22,24-26,28,31,35,38H,9-12,14,16-20H2,1-8H3,(H,36,37). The summed E-state index contributed by atoms with van der Waals surface area (Å²) < 4.78 is 13.5. The number of phenols is 1. The Bertz CT molecular complexity index is 993. The molecule has 0 aliphatic carbocycles. The molecule has 2 fully saturated rings. The van der Waals surface area contributed by atoms with Crippen molar-refractivity contribution in [1.29, 1.82) is 0 Å². The van der Waals surface area contributed by atoms with Crippen LogP contribution in [-0.2, 0) is 15.9 Å². The van der Waals surface area contributed by atoms with Gasteiger partial charge >= 0.3 is 5.97 Å². The molecule has 0 amide bonds. The van der Waals surface area contributed by atoms with Crippen molar-refractivity contribution >= 4 is 5.97 Å². The number of rotatable bonds is 13. The van der Waals surface area contributed by atoms with Crippen LogP contribution in [0.25, 0.3) is 0 Å². The second kappa shape index (κ2) is 13.6. The van der Waals surface area contributed by atoms with Crippen molar-refractivity contribution in [1.82, 2.24) is 0 Å². The number of ether oxygens (including phenoxy) is 2. The van der Waals surface area contributed by atoms with Gasteiger partial charge in [-0.1, -0.05) is 60.1 Å². The van der Waals surface area contributed by atoms with E-state index in [4.69, 9.17) is 9.47 Å². The second-order valence-electron chi connectivity index (χ2n) is 13.4. The zero-order valence-corrected chi connectivity index (χ0v) is 26.3. The molecule has 3 N–H and O–H groups in total. The third kappa shape index (κ3) is 7.04. The van der Waals surface area contributed by atoms with E-state index in [-0.39, 0.29) is 35.2 Å². The quantitative estimate of drug-likeness (QED) is 0.229. The van der Waals surface area contributed by atoms with E-state index >= 15 is 0 Å². The van der Waals surface area contributed by atoms with Gasteiger partial charge in [0.1, 0.15) is 11.3 Å². The summed E-state index contributed by atoms with van der Waals surface area (Å²) in [6.45, 7) is 17.2. The molecule has 1 aromatic carbocycles. The third-order valence-corrected chi connectivity index (χ3v) is 10.4. The van der Waals surface area contributed by atoms with Gasteiger partial charge in [-0.3, -0.25) is 0 Å². The summed E-state index contributed by atoms with van der Waals surface area (Å²) in [4.78, 5) is 11.8. The summed E-state index contributed by atoms with van der Waals surface area (Å²) in [6, 6.07) is 3.65. The Hall–Kier alpha value is -1.63. The first-order valence-corrected chi connectivity index (χ1v) is 15.9. The molecule has 2 saturated heterocycles. The lowest BCUT2D eigenvalue weighted by molar-refractivity contribution is -0.230. The van der Waals surface area contributed by atoms with Gasteiger partial charge in [0.2, 0.25) is 0 Å². The van der Waals surface area contributed by atoms with Gasteiger partial charge in [0.05, 0.1) is 29.5 Å². The van der Waals surface area contributed by atoms with Crippen LogP contribution in [0.2, 0.25) is 0 Å². The number of aromatic carboxylic acids is 1. The summed E-state index contributed by atoms with van der Waals surface area (Å²) >= 11 is 0. The Kier molecular flexibility index (Phi) is 11.1. The average molecular weight is 561 g/mol. The predicted molar refractivity (Wildman–Crippen MR) is 160 cm³/mol. The maximum atomic E-state index is 11.8. The van der Waals surface area contributed by atoms with Crippen molar-refractivity contribution in [2.24, 2.45) is 23.7 Å². The highest BCUT2D eigenvalue weighted by Crippen LogP contribution is 2.49. The fraction of sp³-hybridized carbons (Fsp3) is 0.794. The molecule has 6 heteroatoms. The second-order valence-corrected chi connectivity index (χ2v) is 13.4. The van der Waals surface area contributed by atoms with Gasteiger partial charge in [0, 0.05) is 0 Å². The monoisotopic (exact) mass is 560 g/mol. The highest BCUT2D eigenvalue weighted by Gasteiger charge is 2.54. The summed E-state index contributed by atoms with van der Waals surface area (Å²) in [6.07, 6.45) is 9.11. The van der Waals surface area contributed by atoms with Crippen LogP contribution in [0.15, 0.2) is 12.1 Å². The lowest BCUT2D eigenvalue weighted by Crippen LogP contribution is -2.55. The van der Waals surface area contributed by atoms with Gasteiger partial charge < -0.3 is 24.8 Å². The molecule has 3 rings (SSSR count). The van der Waals surface area contributed by atoms with Crippen LogP contribution in [0, 0.1) is 30.6 Å². The van der Waals surface area contributed by atoms with Crippen LogP contribution in [-0.4, -0.2) is 50.8 Å². The molecule has 1 aromatic rings. The summed E-state index contributed by atoms with van der Waals surface area (Å²) in [5.74, 6) is 0.744. The van der Waals surface area contributed by atoms with Crippen LogP contribution >= 0.6 is 0 Å². The number of hydrogen-bond acceptors (Lipinski definition) is 5. The Labute approximate surface area is 242 Å². The third-order valence-electron chi connectivity index (χ3n) is 10.4. The van der Waals surface area contributed by atoms with Crippen molar-refractivity contribution in [3.63, 3.8) is 0 Å². The average Bonchev–Trinajstić information content (AvgIpc) is 3.26. The Morgan fingerprint density at radius 2 is 1.80 bits per heavy atom. The minimum atomic E-state index is -1.06. The van der Waals surface area contributed by atoms with E-state index in [0.717, 1.165) is 51.4 Å². The molecule has 9 unspecified atom stereocenters. The van der Waals surface area contributed by atoms with E-state index in [9.17, 15) is 20.1 Å². The Morgan fingerprint density at radius 1 is 1.10 bits per heavy atom. The summed E-state index contributed by atoms with van der Waals surface area (Å²) in [7, 11) is 0. The molecule has 9 atom stereocenters. The molecule has 6 nitrogen and oxygen atoms in total. The van der Waals surface area contributed by atoms with Gasteiger partial charge in [0.25, 0.3) is 0 Å². The van der Waals surface area contributed by atoms with E-state index in [1.54, 1.807) is 13.0 Å². The first kappa shape index (κ1) is 32.9. The van der Waals surface area contributed by atoms with Crippen molar-refractivity contribution in [3.05, 3.63) is 28.8 Å². The zero-order valence-electron chi connectivity index (χ0n) is 26.3. The van der Waals surface area contributed by atoms with E-state index in [2.05, 4.69) is 34.6 Å². The normalized spacial score (nSPS) is 33.0. The number of aliphatic hydroxyl groups is 1. The number of carbonyl (C=O) groups is 1. The van der Waals surface area contributed by atoms with Crippen LogP contribution in [0.5, 0.6) is 5.75 Å². The van der Waals surface area contributed by atoms with Crippen LogP contribution in [0.4, 0.5) is 0 Å². The molecule has 2 aliphatic rings. The number of hydrogen-bond donors (Lipinski definition) is 3. The van der Waals surface area contributed by atoms with E-state index in [0.29, 0.717) is 47.6 Å². The Morgan fingerprint density at radius 3 is 2.38 bits per heavy atom. The number of benzene rings is 1. The summed E-state index contributed by atoms with van der Waals surface area (Å²) in [5, 5.41) is 30.8. The molecular weight excluding hydrogens is 504 g/mol. The maximum Gasteiger partial charge on any atom is 0.339 e. The minimum Gasteiger partial charge on any atom is -0.507 e. The molecule has 0 spiro atoms. The predicted octanol–water partition coefficient (Wildman–Crippen LogP) is 7.69. The largest absolute Gasteiger partial charge is 0.507 e. The molecule has 228 valence electrons. The van der Waals surface area contributed by atoms with Crippen molar-refractivity contribution in [3.8, 4) is 5.75 Å². The van der Waals surface area contributed by atoms with Gasteiger partial charge in [0.15, 0.2) is 0 Å². The molecule has 0 radical (unpaired) electrons. The SMILES string of the molecule is CCC(CC(C)CC(C)CCc1ccc(C)c(O)c1C(=O)O)C1OC(CC)(C2CCC(O)(CC)C(C)O2)CC1C. The number of aromatic hydroxyl groups is 1. The summed E-state index contributed by atoms with van der Waals surface area (Å²) in [5.41, 5.74) is 0.341. The van der Waals surface area contributed by atoms with Gasteiger partial charge in [-0.2, -0.15) is 0 Å². The van der Waals surface area contributed by atoms with E-state index in [1.807, 2.05) is 19.9 Å². The van der Waals surface area contributed by atoms with Crippen LogP contribution in [0.1, 0.15) is 128 Å². The molecule has 40 heavy (non-hydrogen) atoms. The van der Waals surface area contributed by atoms with Gasteiger partial charge in [-0.05, 0) is 106 Å². The first-order valence-electron chi connectivity index (χ1n) is 15.9. The molecule has 0 bridgehead atoms. The van der Waals surface area contributed by atoms with Crippen molar-refractivity contribution in [2.45, 2.75) is 149 Å². The minimum absolute atomic E-state index is 0.0265. The van der Waals surface area contributed by atoms with Crippen LogP contribution < -0.4 is 0 Å². The van der Waals surface area contributed by atoms with Gasteiger partial charge in [-0.15, -0.1) is 0 Å². The Balaban J connectivity index is 1.59. The van der Waals surface area contributed by atoms with Gasteiger partial charge in [-0.25, -0.2) is 4.79 Å². The molecule has 2 aliphatic heterocycles. The first-order chi connectivity index (χ1) is 18.8. The lowest BCUT2D eigenvalue weighted by atomic mass is 9.77. The fourth-order valence-electron chi connectivity index (χ4n) is 7.73. The van der Waals surface area contributed by atoms with E-state index < -0.39 is 11.6 Å². The van der Waals surface area contributed by atoms with Crippen molar-refractivity contribution < 1.29 is 29.6 Å². The maximum absolute atomic E-state index is 11.8. The topological polar surface area (TPSA) is 96.2 Å². The van der Waals surface area contributed by atoms with Crippen molar-refractivity contribution in [2.75, 3.05) is 0 Å². The van der Waals surface area contributed by atoms with E-state index in [1.165, 1.54) is 0 Å². The highest BCUT2D eigenvalue weighted by molar-refractivity contribution is 5.93. The lowest BCUT2D eigenvalue weighted by Gasteiger charge is -2.47. The number of carboxylic acids is 1.